The summed E-state index contributed by atoms with van der Waals surface area (Å²) < 4.78 is 0. The summed E-state index contributed by atoms with van der Waals surface area (Å²) in [7, 11) is 0. The zero-order chi connectivity index (χ0) is 13.7. The van der Waals surface area contributed by atoms with E-state index < -0.39 is 4.92 Å². The summed E-state index contributed by atoms with van der Waals surface area (Å²) in [5, 5.41) is 13.9. The number of hydrogen-bond donors (Lipinski definition) is 1. The summed E-state index contributed by atoms with van der Waals surface area (Å²) >= 11 is 0. The van der Waals surface area contributed by atoms with Gasteiger partial charge >= 0.3 is 5.82 Å². The lowest BCUT2D eigenvalue weighted by atomic mass is 10.0. The molecule has 1 aromatic carbocycles. The lowest BCUT2D eigenvalue weighted by Gasteiger charge is -2.17. The maximum absolute atomic E-state index is 10.5. The van der Waals surface area contributed by atoms with E-state index in [1.807, 2.05) is 18.2 Å². The van der Waals surface area contributed by atoms with Crippen LogP contribution in [0, 0.1) is 10.1 Å². The maximum Gasteiger partial charge on any atom is 0.363 e. The second-order valence-corrected chi connectivity index (χ2v) is 4.18. The molecule has 1 atom stereocenters. The van der Waals surface area contributed by atoms with E-state index in [9.17, 15) is 10.1 Å². The molecule has 0 amide bonds. The third-order valence-corrected chi connectivity index (χ3v) is 2.89. The minimum Gasteiger partial charge on any atom is -0.375 e. The number of rotatable bonds is 5. The summed E-state index contributed by atoms with van der Waals surface area (Å²) in [5.41, 5.74) is 1.96. The minimum atomic E-state index is -0.502. The van der Waals surface area contributed by atoms with E-state index in [0.717, 1.165) is 12.1 Å². The highest BCUT2D eigenvalue weighted by Crippen LogP contribution is 2.22. The lowest BCUT2D eigenvalue weighted by molar-refractivity contribution is -0.389. The Morgan fingerprint density at radius 3 is 2.53 bits per heavy atom. The van der Waals surface area contributed by atoms with Crippen molar-refractivity contribution in [3.8, 4) is 0 Å². The Hall–Kier alpha value is -2.43. The fraction of sp³-hybridized carbons (Fsp3) is 0.214. The predicted octanol–water partition coefficient (Wildman–Crippen LogP) is 3.55. The number of benzene rings is 1. The second kappa shape index (κ2) is 5.95. The minimum absolute atomic E-state index is 0.140. The third kappa shape index (κ3) is 3.28. The van der Waals surface area contributed by atoms with E-state index in [4.69, 9.17) is 0 Å². The molecule has 0 aliphatic carbocycles. The van der Waals surface area contributed by atoms with Crippen molar-refractivity contribution in [3.05, 3.63) is 64.3 Å². The largest absolute Gasteiger partial charge is 0.375 e. The van der Waals surface area contributed by atoms with Crippen LogP contribution in [0.2, 0.25) is 0 Å². The molecule has 1 aromatic heterocycles. The van der Waals surface area contributed by atoms with E-state index in [1.165, 1.54) is 17.8 Å². The number of anilines is 1. The molecule has 0 aliphatic heterocycles. The molecule has 0 spiro atoms. The Morgan fingerprint density at radius 2 is 2.00 bits per heavy atom. The van der Waals surface area contributed by atoms with Crippen molar-refractivity contribution >= 4 is 11.5 Å². The molecule has 0 saturated heterocycles. The number of nitrogens with one attached hydrogen (secondary N) is 1. The maximum atomic E-state index is 10.5. The van der Waals surface area contributed by atoms with Crippen molar-refractivity contribution < 1.29 is 4.92 Å². The standard InChI is InChI=1S/C14H15N3O2/c1-2-13(11-6-4-3-5-7-11)16-12-8-9-14(15-10-12)17(18)19/h3-10,13,16H,2H2,1H3. The topological polar surface area (TPSA) is 68.1 Å². The van der Waals surface area contributed by atoms with Crippen LogP contribution >= 0.6 is 0 Å². The van der Waals surface area contributed by atoms with Crippen LogP contribution in [0.5, 0.6) is 0 Å². The van der Waals surface area contributed by atoms with Crippen LogP contribution in [0.3, 0.4) is 0 Å². The highest BCUT2D eigenvalue weighted by atomic mass is 16.6. The molecule has 0 fully saturated rings. The second-order valence-electron chi connectivity index (χ2n) is 4.18. The molecule has 5 heteroatoms. The van der Waals surface area contributed by atoms with Crippen molar-refractivity contribution in [1.82, 2.24) is 4.98 Å². The molecule has 1 heterocycles. The lowest BCUT2D eigenvalue weighted by Crippen LogP contribution is -2.09. The van der Waals surface area contributed by atoms with Crippen molar-refractivity contribution in [2.75, 3.05) is 5.32 Å². The van der Waals surface area contributed by atoms with Gasteiger partial charge in [0.15, 0.2) is 6.20 Å². The van der Waals surface area contributed by atoms with Gasteiger partial charge in [-0.25, -0.2) is 0 Å². The van der Waals surface area contributed by atoms with Gasteiger partial charge in [-0.1, -0.05) is 37.3 Å². The van der Waals surface area contributed by atoms with Crippen LogP contribution in [0.25, 0.3) is 0 Å². The first-order chi connectivity index (χ1) is 9.20. The van der Waals surface area contributed by atoms with Crippen LogP contribution in [0.15, 0.2) is 48.7 Å². The molecule has 0 radical (unpaired) electrons. The van der Waals surface area contributed by atoms with Crippen LogP contribution in [-0.2, 0) is 0 Å². The molecule has 1 N–H and O–H groups in total. The van der Waals surface area contributed by atoms with E-state index in [1.54, 1.807) is 6.07 Å². The van der Waals surface area contributed by atoms with E-state index >= 15 is 0 Å². The molecule has 98 valence electrons. The fourth-order valence-electron chi connectivity index (χ4n) is 1.89. The van der Waals surface area contributed by atoms with Crippen molar-refractivity contribution in [2.45, 2.75) is 19.4 Å². The van der Waals surface area contributed by atoms with Gasteiger partial charge < -0.3 is 15.4 Å². The summed E-state index contributed by atoms with van der Waals surface area (Å²) in [6.45, 7) is 2.09. The third-order valence-electron chi connectivity index (χ3n) is 2.89. The number of pyridine rings is 1. The zero-order valence-corrected chi connectivity index (χ0v) is 10.6. The first kappa shape index (κ1) is 13.0. The van der Waals surface area contributed by atoms with Gasteiger partial charge in [-0.05, 0) is 28.0 Å². The molecule has 5 nitrogen and oxygen atoms in total. The average Bonchev–Trinajstić information content (AvgIpc) is 2.46. The Bertz CT molecular complexity index is 540. The van der Waals surface area contributed by atoms with Crippen molar-refractivity contribution in [1.29, 1.82) is 0 Å². The average molecular weight is 257 g/mol. The van der Waals surface area contributed by atoms with Gasteiger partial charge in [0.1, 0.15) is 0 Å². The molecule has 0 bridgehead atoms. The Balaban J connectivity index is 2.12. The van der Waals surface area contributed by atoms with E-state index in [-0.39, 0.29) is 11.9 Å². The van der Waals surface area contributed by atoms with Gasteiger partial charge in [0.2, 0.25) is 0 Å². The van der Waals surface area contributed by atoms with Gasteiger partial charge in [-0.2, -0.15) is 0 Å². The molecular formula is C14H15N3O2. The quantitative estimate of drug-likeness (QED) is 0.657. The van der Waals surface area contributed by atoms with Crippen LogP contribution in [-0.4, -0.2) is 9.91 Å². The number of nitrogens with zero attached hydrogens (tertiary/aromatic N) is 2. The first-order valence-electron chi connectivity index (χ1n) is 6.12. The van der Waals surface area contributed by atoms with Crippen LogP contribution < -0.4 is 5.32 Å². The van der Waals surface area contributed by atoms with E-state index in [2.05, 4.69) is 29.4 Å². The van der Waals surface area contributed by atoms with Gasteiger partial charge in [0.25, 0.3) is 0 Å². The Labute approximate surface area is 111 Å². The Morgan fingerprint density at radius 1 is 1.26 bits per heavy atom. The number of aromatic nitrogens is 1. The monoisotopic (exact) mass is 257 g/mol. The normalized spacial score (nSPS) is 11.8. The number of nitro groups is 1. The predicted molar refractivity (Wildman–Crippen MR) is 74.0 cm³/mol. The number of hydrogen-bond acceptors (Lipinski definition) is 4. The molecule has 0 saturated carbocycles. The molecule has 2 aromatic rings. The van der Waals surface area contributed by atoms with Crippen molar-refractivity contribution in [2.24, 2.45) is 0 Å². The first-order valence-corrected chi connectivity index (χ1v) is 6.12. The highest BCUT2D eigenvalue weighted by molar-refractivity contribution is 5.45. The molecule has 19 heavy (non-hydrogen) atoms. The summed E-state index contributed by atoms with van der Waals surface area (Å²) in [4.78, 5) is 13.8. The molecular weight excluding hydrogens is 242 g/mol. The molecule has 2 rings (SSSR count). The van der Waals surface area contributed by atoms with Crippen LogP contribution in [0.1, 0.15) is 24.9 Å². The Kier molecular flexibility index (Phi) is 4.07. The summed E-state index contributed by atoms with van der Waals surface area (Å²) in [6, 6.07) is 13.3. The smallest absolute Gasteiger partial charge is 0.363 e. The van der Waals surface area contributed by atoms with E-state index in [0.29, 0.717) is 0 Å². The van der Waals surface area contributed by atoms with Gasteiger partial charge in [0.05, 0.1) is 11.7 Å². The van der Waals surface area contributed by atoms with Crippen molar-refractivity contribution in [3.63, 3.8) is 0 Å². The van der Waals surface area contributed by atoms with Crippen LogP contribution in [0.4, 0.5) is 11.5 Å². The van der Waals surface area contributed by atoms with Gasteiger partial charge in [-0.15, -0.1) is 0 Å². The molecule has 0 aliphatic rings. The van der Waals surface area contributed by atoms with Gasteiger partial charge in [-0.3, -0.25) is 0 Å². The van der Waals surface area contributed by atoms with Gasteiger partial charge in [0, 0.05) is 6.07 Å². The highest BCUT2D eigenvalue weighted by Gasteiger charge is 2.11. The molecule has 1 unspecified atom stereocenters. The summed E-state index contributed by atoms with van der Waals surface area (Å²) in [6.07, 6.45) is 2.41. The SMILES string of the molecule is CCC(Nc1ccc([N+](=O)[O-])nc1)c1ccccc1. The summed E-state index contributed by atoms with van der Waals surface area (Å²) in [5.74, 6) is -0.140. The zero-order valence-electron chi connectivity index (χ0n) is 10.6. The fourth-order valence-corrected chi connectivity index (χ4v) is 1.89.